The molecule has 1 fully saturated rings. The molecule has 0 saturated heterocycles. The van der Waals surface area contributed by atoms with Crippen LogP contribution in [-0.4, -0.2) is 29.0 Å². The number of rotatable bonds is 4. The molecule has 0 spiro atoms. The van der Waals surface area contributed by atoms with Crippen LogP contribution in [0.5, 0.6) is 0 Å². The number of nitrogens with zero attached hydrogens (tertiary/aromatic N) is 2. The van der Waals surface area contributed by atoms with Gasteiger partial charge in [0.25, 0.3) is 5.91 Å². The molecule has 3 nitrogen and oxygen atoms in total. The third-order valence-corrected chi connectivity index (χ3v) is 5.09. The maximum Gasteiger partial charge on any atom is 0.270 e. The van der Waals surface area contributed by atoms with Crippen molar-refractivity contribution in [2.45, 2.75) is 51.5 Å². The van der Waals surface area contributed by atoms with Gasteiger partial charge < -0.3 is 9.47 Å². The van der Waals surface area contributed by atoms with Gasteiger partial charge in [0.2, 0.25) is 0 Å². The molecule has 1 amide bonds. The van der Waals surface area contributed by atoms with Crippen LogP contribution in [0.1, 0.15) is 60.3 Å². The Labute approximate surface area is 131 Å². The highest BCUT2D eigenvalue weighted by atomic mass is 16.2. The Bertz CT molecular complexity index is 739. The van der Waals surface area contributed by atoms with Crippen LogP contribution in [0, 0.1) is 0 Å². The summed E-state index contributed by atoms with van der Waals surface area (Å²) >= 11 is 0. The monoisotopic (exact) mass is 296 g/mol. The molecular formula is C19H24N2O. The van der Waals surface area contributed by atoms with E-state index in [0.717, 1.165) is 18.7 Å². The number of hydrogen-bond acceptors (Lipinski definition) is 1. The van der Waals surface area contributed by atoms with Crippen LogP contribution in [-0.2, 0) is 12.8 Å². The van der Waals surface area contributed by atoms with Crippen molar-refractivity contribution in [2.24, 2.45) is 0 Å². The van der Waals surface area contributed by atoms with Crippen molar-refractivity contribution in [1.82, 2.24) is 9.47 Å². The molecular weight excluding hydrogens is 272 g/mol. The zero-order valence-electron chi connectivity index (χ0n) is 13.6. The predicted molar refractivity (Wildman–Crippen MR) is 89.5 cm³/mol. The summed E-state index contributed by atoms with van der Waals surface area (Å²) < 4.78 is 2.32. The third kappa shape index (κ3) is 2.15. The van der Waals surface area contributed by atoms with Crippen molar-refractivity contribution in [3.05, 3.63) is 35.0 Å². The van der Waals surface area contributed by atoms with Crippen molar-refractivity contribution < 1.29 is 4.79 Å². The lowest BCUT2D eigenvalue weighted by Gasteiger charge is -2.18. The second-order valence-corrected chi connectivity index (χ2v) is 6.89. The van der Waals surface area contributed by atoms with E-state index >= 15 is 0 Å². The number of carbonyl (C=O) groups is 1. The van der Waals surface area contributed by atoms with Crippen LogP contribution < -0.4 is 0 Å². The Hall–Kier alpha value is -1.77. The van der Waals surface area contributed by atoms with Gasteiger partial charge >= 0.3 is 0 Å². The van der Waals surface area contributed by atoms with E-state index in [0.29, 0.717) is 6.04 Å². The molecule has 3 heteroatoms. The summed E-state index contributed by atoms with van der Waals surface area (Å²) in [5.41, 5.74) is 5.14. The third-order valence-electron chi connectivity index (χ3n) is 5.09. The molecule has 0 N–H and O–H groups in total. The van der Waals surface area contributed by atoms with E-state index in [9.17, 15) is 4.79 Å². The Morgan fingerprint density at radius 2 is 1.95 bits per heavy atom. The Kier molecular flexibility index (Phi) is 3.24. The highest BCUT2D eigenvalue weighted by Gasteiger charge is 2.31. The Morgan fingerprint density at radius 1 is 1.23 bits per heavy atom. The van der Waals surface area contributed by atoms with E-state index in [2.05, 4.69) is 29.7 Å². The highest BCUT2D eigenvalue weighted by Crippen LogP contribution is 2.41. The molecule has 0 aliphatic heterocycles. The molecule has 116 valence electrons. The lowest BCUT2D eigenvalue weighted by molar-refractivity contribution is 0.0785. The van der Waals surface area contributed by atoms with Crippen molar-refractivity contribution in [2.75, 3.05) is 13.6 Å². The zero-order valence-corrected chi connectivity index (χ0v) is 13.6. The molecule has 2 aliphatic rings. The molecule has 2 aromatic rings. The molecule has 4 rings (SSSR count). The number of benzene rings is 1. The minimum Gasteiger partial charge on any atom is -0.340 e. The van der Waals surface area contributed by atoms with Gasteiger partial charge in [0.1, 0.15) is 5.69 Å². The summed E-state index contributed by atoms with van der Waals surface area (Å²) in [6.45, 7) is 2.94. The maximum atomic E-state index is 12.8. The average molecular weight is 296 g/mol. The molecule has 0 unspecified atom stereocenters. The van der Waals surface area contributed by atoms with Crippen molar-refractivity contribution in [3.63, 3.8) is 0 Å². The van der Waals surface area contributed by atoms with Crippen molar-refractivity contribution in [3.8, 4) is 0 Å². The van der Waals surface area contributed by atoms with Crippen LogP contribution in [0.25, 0.3) is 10.9 Å². The lowest BCUT2D eigenvalue weighted by atomic mass is 10.1. The minimum absolute atomic E-state index is 0.171. The predicted octanol–water partition coefficient (Wildman–Crippen LogP) is 3.95. The summed E-state index contributed by atoms with van der Waals surface area (Å²) in [4.78, 5) is 14.7. The fraction of sp³-hybridized carbons (Fsp3) is 0.526. The number of fused-ring (bicyclic) bond motifs is 2. The summed E-state index contributed by atoms with van der Waals surface area (Å²) in [6, 6.07) is 7.34. The van der Waals surface area contributed by atoms with Crippen LogP contribution in [0.3, 0.4) is 0 Å². The van der Waals surface area contributed by atoms with Crippen molar-refractivity contribution >= 4 is 16.8 Å². The molecule has 0 bridgehead atoms. The smallest absolute Gasteiger partial charge is 0.270 e. The van der Waals surface area contributed by atoms with E-state index < -0.39 is 0 Å². The zero-order chi connectivity index (χ0) is 15.3. The van der Waals surface area contributed by atoms with E-state index in [1.54, 1.807) is 0 Å². The summed E-state index contributed by atoms with van der Waals surface area (Å²) in [5.74, 6) is 0.171. The van der Waals surface area contributed by atoms with Crippen LogP contribution in [0.2, 0.25) is 0 Å². The average Bonchev–Trinajstić information content (AvgIpc) is 3.13. The van der Waals surface area contributed by atoms with Crippen LogP contribution >= 0.6 is 0 Å². The second kappa shape index (κ2) is 5.15. The van der Waals surface area contributed by atoms with Gasteiger partial charge in [-0.2, -0.15) is 0 Å². The van der Waals surface area contributed by atoms with Gasteiger partial charge in [0.05, 0.1) is 0 Å². The molecule has 1 heterocycles. The SMILES string of the molecule is CCCN(C)C(=O)c1cc2cc3c(cc2n1C1CC1)CCC3. The molecule has 1 aromatic carbocycles. The number of carbonyl (C=O) groups excluding carboxylic acids is 1. The summed E-state index contributed by atoms with van der Waals surface area (Å²) in [6.07, 6.45) is 7.08. The standard InChI is InChI=1S/C19H24N2O/c1-3-9-20(2)19(22)18-12-15-10-13-5-4-6-14(13)11-17(15)21(18)16-7-8-16/h10-12,16H,3-9H2,1-2H3. The first-order valence-electron chi connectivity index (χ1n) is 8.61. The number of aryl methyl sites for hydroxylation is 2. The molecule has 22 heavy (non-hydrogen) atoms. The summed E-state index contributed by atoms with van der Waals surface area (Å²) in [7, 11) is 1.92. The molecule has 0 radical (unpaired) electrons. The largest absolute Gasteiger partial charge is 0.340 e. The molecule has 1 saturated carbocycles. The van der Waals surface area contributed by atoms with Crippen molar-refractivity contribution in [1.29, 1.82) is 0 Å². The van der Waals surface area contributed by atoms with E-state index in [1.807, 2.05) is 11.9 Å². The first-order chi connectivity index (χ1) is 10.7. The number of hydrogen-bond donors (Lipinski definition) is 0. The van der Waals surface area contributed by atoms with E-state index in [-0.39, 0.29) is 5.91 Å². The number of amides is 1. The first kappa shape index (κ1) is 13.9. The van der Waals surface area contributed by atoms with Gasteiger partial charge in [-0.05, 0) is 67.9 Å². The molecule has 0 atom stereocenters. The second-order valence-electron chi connectivity index (χ2n) is 6.89. The van der Waals surface area contributed by atoms with Crippen LogP contribution in [0.15, 0.2) is 18.2 Å². The maximum absolute atomic E-state index is 12.8. The normalized spacial score (nSPS) is 17.0. The van der Waals surface area contributed by atoms with E-state index in [4.69, 9.17) is 0 Å². The molecule has 1 aromatic heterocycles. The van der Waals surface area contributed by atoms with Gasteiger partial charge in [-0.15, -0.1) is 0 Å². The highest BCUT2D eigenvalue weighted by molar-refractivity contribution is 5.99. The fourth-order valence-electron chi connectivity index (χ4n) is 3.82. The van der Waals surface area contributed by atoms with Gasteiger partial charge in [-0.25, -0.2) is 0 Å². The first-order valence-corrected chi connectivity index (χ1v) is 8.61. The van der Waals surface area contributed by atoms with Gasteiger partial charge in [-0.3, -0.25) is 4.79 Å². The summed E-state index contributed by atoms with van der Waals surface area (Å²) in [5, 5.41) is 1.25. The minimum atomic E-state index is 0.171. The Balaban J connectivity index is 1.84. The quantitative estimate of drug-likeness (QED) is 0.838. The van der Waals surface area contributed by atoms with Gasteiger partial charge in [-0.1, -0.05) is 6.92 Å². The van der Waals surface area contributed by atoms with Crippen LogP contribution in [0.4, 0.5) is 0 Å². The van der Waals surface area contributed by atoms with E-state index in [1.165, 1.54) is 54.1 Å². The Morgan fingerprint density at radius 3 is 2.64 bits per heavy atom. The topological polar surface area (TPSA) is 25.2 Å². The van der Waals surface area contributed by atoms with Gasteiger partial charge in [0.15, 0.2) is 0 Å². The molecule has 2 aliphatic carbocycles. The fourth-order valence-corrected chi connectivity index (χ4v) is 3.82. The lowest BCUT2D eigenvalue weighted by Crippen LogP contribution is -2.29. The van der Waals surface area contributed by atoms with Gasteiger partial charge in [0, 0.05) is 30.5 Å². The number of aromatic nitrogens is 1.